The number of hydrogen-bond donors (Lipinski definition) is 0. The van der Waals surface area contributed by atoms with Gasteiger partial charge in [-0.2, -0.15) is 0 Å². The fourth-order valence-corrected chi connectivity index (χ4v) is 0.631. The third-order valence-electron chi connectivity index (χ3n) is 0.867. The van der Waals surface area contributed by atoms with E-state index in [9.17, 15) is 0 Å². The van der Waals surface area contributed by atoms with Gasteiger partial charge in [0.25, 0.3) is 0 Å². The van der Waals surface area contributed by atoms with Crippen LogP contribution in [0.5, 0.6) is 0 Å². The third kappa shape index (κ3) is 6.54. The molecule has 0 aromatic carbocycles. The molecule has 0 rings (SSSR count). The molecule has 2 nitrogen and oxygen atoms in total. The summed E-state index contributed by atoms with van der Waals surface area (Å²) in [5, 5.41) is 0. The Morgan fingerprint density at radius 3 is 2.67 bits per heavy atom. The maximum absolute atomic E-state index is 5.11. The summed E-state index contributed by atoms with van der Waals surface area (Å²) in [6.45, 7) is 3.37. The predicted octanol–water partition coefficient (Wildman–Crippen LogP) is 1.68. The van der Waals surface area contributed by atoms with Crippen molar-refractivity contribution in [3.8, 4) is 0 Å². The molecule has 0 aliphatic rings. The molecule has 0 amide bonds. The molecule has 0 aliphatic heterocycles. The van der Waals surface area contributed by atoms with Crippen molar-refractivity contribution >= 4 is 22.6 Å². The number of ether oxygens (including phenoxy) is 2. The molecule has 0 aromatic heterocycles. The Labute approximate surface area is 70.1 Å². The molecule has 9 heavy (non-hydrogen) atoms. The lowest BCUT2D eigenvalue weighted by Gasteiger charge is -2.06. The SMILES string of the molecule is COCOC[C@H](C)CI. The van der Waals surface area contributed by atoms with E-state index < -0.39 is 0 Å². The van der Waals surface area contributed by atoms with E-state index >= 15 is 0 Å². The molecule has 0 heterocycles. The molecule has 0 spiro atoms. The maximum Gasteiger partial charge on any atom is 0.146 e. The van der Waals surface area contributed by atoms with E-state index in [-0.39, 0.29) is 0 Å². The molecule has 0 fully saturated rings. The minimum atomic E-state index is 0.418. The van der Waals surface area contributed by atoms with Gasteiger partial charge in [0.15, 0.2) is 0 Å². The summed E-state index contributed by atoms with van der Waals surface area (Å²) in [5.74, 6) is 0.640. The van der Waals surface area contributed by atoms with Crippen molar-refractivity contribution in [3.05, 3.63) is 0 Å². The summed E-state index contributed by atoms with van der Waals surface area (Å²) in [6.07, 6.45) is 0. The molecule has 0 bridgehead atoms. The standard InChI is InChI=1S/C6H13IO2/c1-6(3-7)4-9-5-8-2/h6H,3-5H2,1-2H3/t6-/m1/s1. The monoisotopic (exact) mass is 244 g/mol. The molecule has 0 saturated heterocycles. The van der Waals surface area contributed by atoms with E-state index in [0.29, 0.717) is 12.7 Å². The van der Waals surface area contributed by atoms with Crippen LogP contribution in [0.25, 0.3) is 0 Å². The number of alkyl halides is 1. The Hall–Kier alpha value is 0.650. The number of rotatable bonds is 5. The number of hydrogen-bond acceptors (Lipinski definition) is 2. The van der Waals surface area contributed by atoms with Gasteiger partial charge >= 0.3 is 0 Å². The van der Waals surface area contributed by atoms with E-state index in [4.69, 9.17) is 9.47 Å². The molecule has 0 aromatic rings. The molecule has 0 N–H and O–H groups in total. The number of methoxy groups -OCH3 is 1. The second kappa shape index (κ2) is 6.77. The van der Waals surface area contributed by atoms with Crippen LogP contribution in [0, 0.1) is 5.92 Å². The summed E-state index contributed by atoms with van der Waals surface area (Å²) in [4.78, 5) is 0. The summed E-state index contributed by atoms with van der Waals surface area (Å²) < 4.78 is 11.0. The minimum Gasteiger partial charge on any atom is -0.359 e. The summed E-state index contributed by atoms with van der Waals surface area (Å²) in [6, 6.07) is 0. The Morgan fingerprint density at radius 1 is 1.56 bits per heavy atom. The van der Waals surface area contributed by atoms with Gasteiger partial charge in [0.05, 0.1) is 6.61 Å². The number of halogens is 1. The van der Waals surface area contributed by atoms with Crippen LogP contribution in [0.15, 0.2) is 0 Å². The van der Waals surface area contributed by atoms with Crippen LogP contribution in [0.3, 0.4) is 0 Å². The topological polar surface area (TPSA) is 18.5 Å². The van der Waals surface area contributed by atoms with E-state index in [1.807, 2.05) is 0 Å². The second-order valence-corrected chi connectivity index (χ2v) is 2.92. The van der Waals surface area contributed by atoms with Crippen molar-refractivity contribution in [1.29, 1.82) is 0 Å². The van der Waals surface area contributed by atoms with Gasteiger partial charge in [-0.1, -0.05) is 29.5 Å². The largest absolute Gasteiger partial charge is 0.359 e. The highest BCUT2D eigenvalue weighted by molar-refractivity contribution is 14.1. The van der Waals surface area contributed by atoms with Crippen LogP contribution in [-0.4, -0.2) is 24.9 Å². The Morgan fingerprint density at radius 2 is 2.22 bits per heavy atom. The van der Waals surface area contributed by atoms with Gasteiger partial charge in [0.2, 0.25) is 0 Å². The first-order chi connectivity index (χ1) is 4.31. The molecule has 0 radical (unpaired) electrons. The van der Waals surface area contributed by atoms with Gasteiger partial charge in [-0.15, -0.1) is 0 Å². The lowest BCUT2D eigenvalue weighted by Crippen LogP contribution is -2.08. The highest BCUT2D eigenvalue weighted by atomic mass is 127. The first-order valence-corrected chi connectivity index (χ1v) is 4.46. The fourth-order valence-electron chi connectivity index (χ4n) is 0.377. The first kappa shape index (κ1) is 9.65. The van der Waals surface area contributed by atoms with Gasteiger partial charge in [-0.05, 0) is 5.92 Å². The summed E-state index contributed by atoms with van der Waals surface area (Å²) in [5.41, 5.74) is 0. The molecule has 1 atom stereocenters. The van der Waals surface area contributed by atoms with Crippen LogP contribution < -0.4 is 0 Å². The van der Waals surface area contributed by atoms with Crippen molar-refractivity contribution in [3.63, 3.8) is 0 Å². The predicted molar refractivity (Wildman–Crippen MR) is 45.9 cm³/mol. The molecular formula is C6H13IO2. The van der Waals surface area contributed by atoms with Crippen molar-refractivity contribution < 1.29 is 9.47 Å². The van der Waals surface area contributed by atoms with E-state index in [1.54, 1.807) is 7.11 Å². The highest BCUT2D eigenvalue weighted by Gasteiger charge is 1.97. The Kier molecular flexibility index (Phi) is 7.25. The summed E-state index contributed by atoms with van der Waals surface area (Å²) >= 11 is 2.34. The summed E-state index contributed by atoms with van der Waals surface area (Å²) in [7, 11) is 1.63. The van der Waals surface area contributed by atoms with Gasteiger partial charge < -0.3 is 9.47 Å². The molecule has 0 aliphatic carbocycles. The van der Waals surface area contributed by atoms with E-state index in [2.05, 4.69) is 29.5 Å². The van der Waals surface area contributed by atoms with Crippen molar-refractivity contribution in [2.75, 3.05) is 24.9 Å². The maximum atomic E-state index is 5.11. The zero-order valence-electron chi connectivity index (χ0n) is 5.89. The van der Waals surface area contributed by atoms with Crippen LogP contribution in [0.1, 0.15) is 6.92 Å². The molecular weight excluding hydrogens is 231 g/mol. The van der Waals surface area contributed by atoms with Gasteiger partial charge in [0, 0.05) is 11.5 Å². The fraction of sp³-hybridized carbons (Fsp3) is 1.00. The average molecular weight is 244 g/mol. The molecule has 0 unspecified atom stereocenters. The van der Waals surface area contributed by atoms with Gasteiger partial charge in [0.1, 0.15) is 6.79 Å². The molecule has 56 valence electrons. The molecule has 3 heteroatoms. The average Bonchev–Trinajstić information content (AvgIpc) is 1.89. The Bertz CT molecular complexity index is 59.0. The van der Waals surface area contributed by atoms with Crippen LogP contribution in [-0.2, 0) is 9.47 Å². The van der Waals surface area contributed by atoms with Crippen LogP contribution in [0.2, 0.25) is 0 Å². The van der Waals surface area contributed by atoms with Gasteiger partial charge in [-0.25, -0.2) is 0 Å². The Balaban J connectivity index is 2.88. The first-order valence-electron chi connectivity index (χ1n) is 2.94. The zero-order chi connectivity index (χ0) is 7.11. The third-order valence-corrected chi connectivity index (χ3v) is 2.37. The van der Waals surface area contributed by atoms with Crippen molar-refractivity contribution in [2.45, 2.75) is 6.92 Å². The molecule has 0 saturated carbocycles. The van der Waals surface area contributed by atoms with Crippen molar-refractivity contribution in [1.82, 2.24) is 0 Å². The van der Waals surface area contributed by atoms with E-state index in [1.165, 1.54) is 0 Å². The lowest BCUT2D eigenvalue weighted by atomic mass is 10.2. The smallest absolute Gasteiger partial charge is 0.146 e. The van der Waals surface area contributed by atoms with Gasteiger partial charge in [-0.3, -0.25) is 0 Å². The minimum absolute atomic E-state index is 0.418. The highest BCUT2D eigenvalue weighted by Crippen LogP contribution is 1.99. The lowest BCUT2D eigenvalue weighted by molar-refractivity contribution is -0.0389. The van der Waals surface area contributed by atoms with Crippen molar-refractivity contribution in [2.24, 2.45) is 5.92 Å². The normalized spacial score (nSPS) is 13.7. The quantitative estimate of drug-likeness (QED) is 0.317. The van der Waals surface area contributed by atoms with Crippen LogP contribution >= 0.6 is 22.6 Å². The zero-order valence-corrected chi connectivity index (χ0v) is 8.05. The van der Waals surface area contributed by atoms with Crippen LogP contribution in [0.4, 0.5) is 0 Å². The second-order valence-electron chi connectivity index (χ2n) is 2.04. The van der Waals surface area contributed by atoms with E-state index in [0.717, 1.165) is 11.0 Å².